The minimum atomic E-state index is -0.120. The zero-order chi connectivity index (χ0) is 9.73. The van der Waals surface area contributed by atoms with E-state index in [2.05, 4.69) is 15.3 Å². The Kier molecular flexibility index (Phi) is 3.19. The van der Waals surface area contributed by atoms with E-state index in [-0.39, 0.29) is 5.54 Å². The van der Waals surface area contributed by atoms with Gasteiger partial charge in [0.2, 0.25) is 0 Å². The quantitative estimate of drug-likeness (QED) is 0.760. The van der Waals surface area contributed by atoms with Crippen LogP contribution in [0.3, 0.4) is 0 Å². The molecule has 1 aromatic rings. The second-order valence-corrected chi connectivity index (χ2v) is 3.53. The Labute approximate surface area is 78.4 Å². The van der Waals surface area contributed by atoms with Gasteiger partial charge in [0.25, 0.3) is 0 Å². The molecule has 0 bridgehead atoms. The summed E-state index contributed by atoms with van der Waals surface area (Å²) < 4.78 is 5.07. The summed E-state index contributed by atoms with van der Waals surface area (Å²) in [4.78, 5) is 8.08. The molecule has 0 saturated heterocycles. The zero-order valence-electron chi connectivity index (χ0n) is 8.24. The Balaban J connectivity index is 2.58. The van der Waals surface area contributed by atoms with Crippen LogP contribution in [-0.4, -0.2) is 29.2 Å². The molecule has 0 aliphatic rings. The van der Waals surface area contributed by atoms with Crippen LogP contribution in [-0.2, 0) is 4.74 Å². The number of nitrogens with one attached hydrogen (secondary N) is 1. The minimum Gasteiger partial charge on any atom is -0.382 e. The van der Waals surface area contributed by atoms with Crippen molar-refractivity contribution in [2.45, 2.75) is 19.4 Å². The SMILES string of the molecule is COCC(C)(C)Nc1cnccn1. The zero-order valence-corrected chi connectivity index (χ0v) is 8.24. The van der Waals surface area contributed by atoms with Crippen LogP contribution in [0.4, 0.5) is 5.82 Å². The van der Waals surface area contributed by atoms with Crippen molar-refractivity contribution >= 4 is 5.82 Å². The number of methoxy groups -OCH3 is 1. The van der Waals surface area contributed by atoms with Crippen molar-refractivity contribution in [3.8, 4) is 0 Å². The topological polar surface area (TPSA) is 47.0 Å². The third-order valence-corrected chi connectivity index (χ3v) is 1.53. The van der Waals surface area contributed by atoms with Gasteiger partial charge < -0.3 is 10.1 Å². The molecule has 1 rings (SSSR count). The maximum absolute atomic E-state index is 5.07. The van der Waals surface area contributed by atoms with E-state index in [1.54, 1.807) is 25.7 Å². The van der Waals surface area contributed by atoms with Gasteiger partial charge in [-0.3, -0.25) is 4.98 Å². The van der Waals surface area contributed by atoms with E-state index in [1.165, 1.54) is 0 Å². The van der Waals surface area contributed by atoms with Gasteiger partial charge in [-0.2, -0.15) is 0 Å². The van der Waals surface area contributed by atoms with E-state index in [0.29, 0.717) is 6.61 Å². The van der Waals surface area contributed by atoms with Gasteiger partial charge in [0, 0.05) is 19.5 Å². The Hall–Kier alpha value is -1.16. The summed E-state index contributed by atoms with van der Waals surface area (Å²) in [6, 6.07) is 0. The number of ether oxygens (including phenoxy) is 1. The highest BCUT2D eigenvalue weighted by Crippen LogP contribution is 2.10. The number of anilines is 1. The van der Waals surface area contributed by atoms with Gasteiger partial charge in [0.1, 0.15) is 5.82 Å². The number of rotatable bonds is 4. The fourth-order valence-corrected chi connectivity index (χ4v) is 1.11. The smallest absolute Gasteiger partial charge is 0.144 e. The molecule has 0 unspecified atom stereocenters. The Morgan fingerprint density at radius 2 is 2.23 bits per heavy atom. The molecule has 0 fully saturated rings. The number of aromatic nitrogens is 2. The van der Waals surface area contributed by atoms with Crippen molar-refractivity contribution in [3.63, 3.8) is 0 Å². The van der Waals surface area contributed by atoms with Crippen LogP contribution in [0.5, 0.6) is 0 Å². The normalized spacial score (nSPS) is 11.3. The van der Waals surface area contributed by atoms with E-state index in [1.807, 2.05) is 13.8 Å². The third kappa shape index (κ3) is 3.38. The number of nitrogens with zero attached hydrogens (tertiary/aromatic N) is 2. The Morgan fingerprint density at radius 3 is 2.77 bits per heavy atom. The summed E-state index contributed by atoms with van der Waals surface area (Å²) in [5.41, 5.74) is -0.120. The van der Waals surface area contributed by atoms with Crippen LogP contribution in [0.2, 0.25) is 0 Å². The molecule has 1 N–H and O–H groups in total. The van der Waals surface area contributed by atoms with E-state index in [0.717, 1.165) is 5.82 Å². The van der Waals surface area contributed by atoms with Gasteiger partial charge in [-0.15, -0.1) is 0 Å². The molecular formula is C9H15N3O. The van der Waals surface area contributed by atoms with Crippen molar-refractivity contribution in [2.24, 2.45) is 0 Å². The van der Waals surface area contributed by atoms with Gasteiger partial charge in [-0.1, -0.05) is 0 Å². The fourth-order valence-electron chi connectivity index (χ4n) is 1.11. The van der Waals surface area contributed by atoms with Crippen LogP contribution >= 0.6 is 0 Å². The van der Waals surface area contributed by atoms with Crippen molar-refractivity contribution in [3.05, 3.63) is 18.6 Å². The first kappa shape index (κ1) is 9.92. The molecule has 1 aromatic heterocycles. The summed E-state index contributed by atoms with van der Waals surface area (Å²) in [7, 11) is 1.68. The maximum Gasteiger partial charge on any atom is 0.144 e. The monoisotopic (exact) mass is 181 g/mol. The van der Waals surface area contributed by atoms with Gasteiger partial charge in [0.05, 0.1) is 18.3 Å². The van der Waals surface area contributed by atoms with Crippen molar-refractivity contribution in [1.82, 2.24) is 9.97 Å². The summed E-state index contributed by atoms with van der Waals surface area (Å²) in [6.45, 7) is 4.72. The van der Waals surface area contributed by atoms with E-state index < -0.39 is 0 Å². The highest BCUT2D eigenvalue weighted by atomic mass is 16.5. The van der Waals surface area contributed by atoms with Crippen LogP contribution in [0.1, 0.15) is 13.8 Å². The number of hydrogen-bond acceptors (Lipinski definition) is 4. The average molecular weight is 181 g/mol. The Bertz CT molecular complexity index is 248. The largest absolute Gasteiger partial charge is 0.382 e. The second kappa shape index (κ2) is 4.18. The molecule has 72 valence electrons. The molecular weight excluding hydrogens is 166 g/mol. The molecule has 0 atom stereocenters. The molecule has 4 heteroatoms. The van der Waals surface area contributed by atoms with Crippen LogP contribution in [0.25, 0.3) is 0 Å². The second-order valence-electron chi connectivity index (χ2n) is 3.53. The van der Waals surface area contributed by atoms with Gasteiger partial charge >= 0.3 is 0 Å². The lowest BCUT2D eigenvalue weighted by atomic mass is 10.1. The molecule has 13 heavy (non-hydrogen) atoms. The van der Waals surface area contributed by atoms with E-state index in [4.69, 9.17) is 4.74 Å². The molecule has 0 amide bonds. The molecule has 4 nitrogen and oxygen atoms in total. The third-order valence-electron chi connectivity index (χ3n) is 1.53. The molecule has 0 radical (unpaired) electrons. The summed E-state index contributed by atoms with van der Waals surface area (Å²) in [6.07, 6.45) is 5.00. The summed E-state index contributed by atoms with van der Waals surface area (Å²) in [5, 5.41) is 3.22. The van der Waals surface area contributed by atoms with Crippen molar-refractivity contribution < 1.29 is 4.74 Å². The minimum absolute atomic E-state index is 0.120. The van der Waals surface area contributed by atoms with Crippen LogP contribution < -0.4 is 5.32 Å². The molecule has 0 aliphatic heterocycles. The average Bonchev–Trinajstić information content (AvgIpc) is 2.04. The molecule has 0 aromatic carbocycles. The fraction of sp³-hybridized carbons (Fsp3) is 0.556. The molecule has 0 saturated carbocycles. The van der Waals surface area contributed by atoms with Crippen LogP contribution in [0, 0.1) is 0 Å². The molecule has 0 aliphatic carbocycles. The van der Waals surface area contributed by atoms with Crippen LogP contribution in [0.15, 0.2) is 18.6 Å². The summed E-state index contributed by atoms with van der Waals surface area (Å²) in [5.74, 6) is 0.768. The van der Waals surface area contributed by atoms with E-state index >= 15 is 0 Å². The first-order valence-corrected chi connectivity index (χ1v) is 4.17. The highest BCUT2D eigenvalue weighted by Gasteiger charge is 2.17. The maximum atomic E-state index is 5.07. The first-order valence-electron chi connectivity index (χ1n) is 4.17. The predicted molar refractivity (Wildman–Crippen MR) is 51.6 cm³/mol. The van der Waals surface area contributed by atoms with Gasteiger partial charge in [-0.05, 0) is 13.8 Å². The van der Waals surface area contributed by atoms with Crippen molar-refractivity contribution in [2.75, 3.05) is 19.0 Å². The van der Waals surface area contributed by atoms with Gasteiger partial charge in [-0.25, -0.2) is 4.98 Å². The lowest BCUT2D eigenvalue weighted by Gasteiger charge is -2.25. The lowest BCUT2D eigenvalue weighted by molar-refractivity contribution is 0.158. The number of hydrogen-bond donors (Lipinski definition) is 1. The predicted octanol–water partition coefficient (Wildman–Crippen LogP) is 1.31. The highest BCUT2D eigenvalue weighted by molar-refractivity contribution is 5.33. The Morgan fingerprint density at radius 1 is 1.46 bits per heavy atom. The van der Waals surface area contributed by atoms with Gasteiger partial charge in [0.15, 0.2) is 0 Å². The standard InChI is InChI=1S/C9H15N3O/c1-9(2,7-13-3)12-8-6-10-4-5-11-8/h4-6H,7H2,1-3H3,(H,11,12). The summed E-state index contributed by atoms with van der Waals surface area (Å²) >= 11 is 0. The van der Waals surface area contributed by atoms with Crippen molar-refractivity contribution in [1.29, 1.82) is 0 Å². The first-order chi connectivity index (χ1) is 6.14. The molecule has 0 spiro atoms. The van der Waals surface area contributed by atoms with E-state index in [9.17, 15) is 0 Å². The lowest BCUT2D eigenvalue weighted by Crippen LogP contribution is -2.36. The molecule has 1 heterocycles.